The maximum atomic E-state index is 12.9. The highest BCUT2D eigenvalue weighted by Gasteiger charge is 2.28. The molecule has 6 heteroatoms. The number of benzene rings is 1. The van der Waals surface area contributed by atoms with E-state index in [2.05, 4.69) is 15.1 Å². The molecular weight excluding hydrogens is 295 g/mol. The van der Waals surface area contributed by atoms with Gasteiger partial charge in [-0.25, -0.2) is 4.39 Å². The van der Waals surface area contributed by atoms with Gasteiger partial charge in [0.1, 0.15) is 11.9 Å². The molecule has 23 heavy (non-hydrogen) atoms. The van der Waals surface area contributed by atoms with E-state index in [0.29, 0.717) is 17.8 Å². The van der Waals surface area contributed by atoms with Gasteiger partial charge in [-0.1, -0.05) is 0 Å². The Morgan fingerprint density at radius 2 is 2.04 bits per heavy atom. The number of carbonyl (C=O) groups is 1. The van der Waals surface area contributed by atoms with E-state index in [9.17, 15) is 9.18 Å². The zero-order chi connectivity index (χ0) is 16.2. The highest BCUT2D eigenvalue weighted by atomic mass is 19.1. The quantitative estimate of drug-likeness (QED) is 0.812. The van der Waals surface area contributed by atoms with Crippen molar-refractivity contribution in [1.29, 1.82) is 5.26 Å². The molecule has 1 saturated heterocycles. The first-order chi connectivity index (χ1) is 11.2. The summed E-state index contributed by atoms with van der Waals surface area (Å²) < 4.78 is 12.9. The van der Waals surface area contributed by atoms with Gasteiger partial charge in [0, 0.05) is 24.6 Å². The minimum atomic E-state index is -0.350. The van der Waals surface area contributed by atoms with Crippen LogP contribution in [0.5, 0.6) is 0 Å². The molecule has 0 amide bonds. The molecule has 1 aliphatic heterocycles. The van der Waals surface area contributed by atoms with E-state index in [1.165, 1.54) is 24.3 Å². The van der Waals surface area contributed by atoms with Crippen LogP contribution in [0.15, 0.2) is 36.4 Å². The van der Waals surface area contributed by atoms with Crippen molar-refractivity contribution >= 4 is 11.6 Å². The Bertz CT molecular complexity index is 737. The van der Waals surface area contributed by atoms with Gasteiger partial charge >= 0.3 is 0 Å². The Labute approximate surface area is 133 Å². The molecule has 0 saturated carbocycles. The fourth-order valence-electron chi connectivity index (χ4n) is 2.86. The normalized spacial score (nSPS) is 17.0. The molecule has 0 spiro atoms. The highest BCUT2D eigenvalue weighted by molar-refractivity contribution is 5.96. The zero-order valence-electron chi connectivity index (χ0n) is 12.4. The van der Waals surface area contributed by atoms with Crippen LogP contribution in [0.25, 0.3) is 0 Å². The zero-order valence-corrected chi connectivity index (χ0v) is 12.4. The van der Waals surface area contributed by atoms with E-state index in [0.717, 1.165) is 19.4 Å². The molecule has 0 N–H and O–H groups in total. The predicted octanol–water partition coefficient (Wildman–Crippen LogP) is 2.73. The van der Waals surface area contributed by atoms with Crippen LogP contribution in [0.2, 0.25) is 0 Å². The van der Waals surface area contributed by atoms with Gasteiger partial charge in [0.2, 0.25) is 0 Å². The molecule has 1 aliphatic rings. The van der Waals surface area contributed by atoms with Crippen molar-refractivity contribution in [3.05, 3.63) is 53.5 Å². The number of nitriles is 1. The highest BCUT2D eigenvalue weighted by Crippen LogP contribution is 2.26. The van der Waals surface area contributed by atoms with Crippen LogP contribution >= 0.6 is 0 Å². The van der Waals surface area contributed by atoms with Crippen LogP contribution < -0.4 is 4.90 Å². The fraction of sp³-hybridized carbons (Fsp3) is 0.294. The van der Waals surface area contributed by atoms with Gasteiger partial charge in [-0.15, -0.1) is 10.2 Å². The summed E-state index contributed by atoms with van der Waals surface area (Å²) in [6.45, 7) is 0.807. The lowest BCUT2D eigenvalue weighted by Gasteiger charge is -2.24. The van der Waals surface area contributed by atoms with Crippen LogP contribution in [0.3, 0.4) is 0 Å². The third-order valence-electron chi connectivity index (χ3n) is 4.02. The lowest BCUT2D eigenvalue weighted by molar-refractivity contribution is 0.0974. The molecular formula is C17H15FN4O. The van der Waals surface area contributed by atoms with Gasteiger partial charge in [-0.3, -0.25) is 4.79 Å². The third-order valence-corrected chi connectivity index (χ3v) is 4.02. The summed E-state index contributed by atoms with van der Waals surface area (Å²) in [6, 6.07) is 11.0. The van der Waals surface area contributed by atoms with Gasteiger partial charge in [0.25, 0.3) is 0 Å². The van der Waals surface area contributed by atoms with Crippen LogP contribution in [-0.4, -0.2) is 28.6 Å². The summed E-state index contributed by atoms with van der Waals surface area (Å²) in [5, 5.41) is 16.7. The van der Waals surface area contributed by atoms with Crippen LogP contribution in [0, 0.1) is 17.1 Å². The first-order valence-electron chi connectivity index (χ1n) is 7.46. The second-order valence-electron chi connectivity index (χ2n) is 5.51. The Morgan fingerprint density at radius 1 is 1.26 bits per heavy atom. The van der Waals surface area contributed by atoms with Crippen molar-refractivity contribution in [3.63, 3.8) is 0 Å². The molecule has 1 fully saturated rings. The predicted molar refractivity (Wildman–Crippen MR) is 82.5 cm³/mol. The number of anilines is 1. The SMILES string of the molecule is N#Cc1ccc(N2CCCC2CC(=O)c2ccc(F)cc2)nn1. The molecule has 0 aliphatic carbocycles. The maximum absolute atomic E-state index is 12.9. The van der Waals surface area contributed by atoms with Crippen LogP contribution in [0.1, 0.15) is 35.3 Å². The van der Waals surface area contributed by atoms with Crippen molar-refractivity contribution in [2.45, 2.75) is 25.3 Å². The smallest absolute Gasteiger partial charge is 0.164 e. The third kappa shape index (κ3) is 3.34. The molecule has 0 bridgehead atoms. The number of nitrogens with zero attached hydrogens (tertiary/aromatic N) is 4. The van der Waals surface area contributed by atoms with Crippen molar-refractivity contribution in [1.82, 2.24) is 10.2 Å². The average Bonchev–Trinajstić information content (AvgIpc) is 3.03. The van der Waals surface area contributed by atoms with Crippen molar-refractivity contribution in [2.75, 3.05) is 11.4 Å². The number of Topliss-reactive ketones (excluding diaryl/α,β-unsaturated/α-hetero) is 1. The topological polar surface area (TPSA) is 69.9 Å². The van der Waals surface area contributed by atoms with Gasteiger partial charge in [-0.05, 0) is 49.2 Å². The molecule has 116 valence electrons. The maximum Gasteiger partial charge on any atom is 0.164 e. The van der Waals surface area contributed by atoms with E-state index in [1.807, 2.05) is 6.07 Å². The number of halogens is 1. The van der Waals surface area contributed by atoms with E-state index in [1.54, 1.807) is 12.1 Å². The fourth-order valence-corrected chi connectivity index (χ4v) is 2.86. The number of hydrogen-bond donors (Lipinski definition) is 0. The summed E-state index contributed by atoms with van der Waals surface area (Å²) in [5.41, 5.74) is 0.788. The lowest BCUT2D eigenvalue weighted by Crippen LogP contribution is -2.32. The second kappa shape index (κ2) is 6.53. The van der Waals surface area contributed by atoms with Gasteiger partial charge in [-0.2, -0.15) is 5.26 Å². The number of carbonyl (C=O) groups excluding carboxylic acids is 1. The Morgan fingerprint density at radius 3 is 2.70 bits per heavy atom. The molecule has 1 aromatic carbocycles. The second-order valence-corrected chi connectivity index (χ2v) is 5.51. The van der Waals surface area contributed by atoms with Gasteiger partial charge < -0.3 is 4.90 Å². The molecule has 1 unspecified atom stereocenters. The van der Waals surface area contributed by atoms with Crippen molar-refractivity contribution in [3.8, 4) is 6.07 Å². The Hall–Kier alpha value is -2.81. The van der Waals surface area contributed by atoms with Crippen LogP contribution in [0.4, 0.5) is 10.2 Å². The summed E-state index contributed by atoms with van der Waals surface area (Å²) in [5.74, 6) is 0.318. The summed E-state index contributed by atoms with van der Waals surface area (Å²) in [6.07, 6.45) is 2.23. The van der Waals surface area contributed by atoms with Crippen molar-refractivity contribution in [2.24, 2.45) is 0 Å². The first kappa shape index (κ1) is 15.1. The molecule has 1 aromatic heterocycles. The molecule has 5 nitrogen and oxygen atoms in total. The Balaban J connectivity index is 1.72. The summed E-state index contributed by atoms with van der Waals surface area (Å²) in [7, 11) is 0. The summed E-state index contributed by atoms with van der Waals surface area (Å²) >= 11 is 0. The number of hydrogen-bond acceptors (Lipinski definition) is 5. The monoisotopic (exact) mass is 310 g/mol. The van der Waals surface area contributed by atoms with E-state index in [-0.39, 0.29) is 23.3 Å². The minimum Gasteiger partial charge on any atom is -0.352 e. The summed E-state index contributed by atoms with van der Waals surface area (Å²) in [4.78, 5) is 14.4. The molecule has 1 atom stereocenters. The molecule has 0 radical (unpaired) electrons. The van der Waals surface area contributed by atoms with Gasteiger partial charge in [0.15, 0.2) is 17.3 Å². The van der Waals surface area contributed by atoms with E-state index in [4.69, 9.17) is 5.26 Å². The number of ketones is 1. The largest absolute Gasteiger partial charge is 0.352 e. The van der Waals surface area contributed by atoms with Crippen molar-refractivity contribution < 1.29 is 9.18 Å². The standard InChI is InChI=1S/C17H15FN4O/c18-13-5-3-12(4-6-13)16(23)10-15-2-1-9-22(15)17-8-7-14(11-19)20-21-17/h3-8,15H,1-2,9-10H2. The average molecular weight is 310 g/mol. The first-order valence-corrected chi connectivity index (χ1v) is 7.46. The van der Waals surface area contributed by atoms with E-state index < -0.39 is 0 Å². The Kier molecular flexibility index (Phi) is 4.29. The number of aromatic nitrogens is 2. The minimum absolute atomic E-state index is 0.0106. The number of rotatable bonds is 4. The van der Waals surface area contributed by atoms with Crippen LogP contribution in [-0.2, 0) is 0 Å². The lowest BCUT2D eigenvalue weighted by atomic mass is 10.0. The van der Waals surface area contributed by atoms with Gasteiger partial charge in [0.05, 0.1) is 0 Å². The molecule has 2 aromatic rings. The van der Waals surface area contributed by atoms with E-state index >= 15 is 0 Å². The molecule has 3 rings (SSSR count). The molecule has 2 heterocycles.